The van der Waals surface area contributed by atoms with Crippen LogP contribution in [0.1, 0.15) is 44.0 Å². The summed E-state index contributed by atoms with van der Waals surface area (Å²) < 4.78 is 32.8. The molecule has 0 unspecified atom stereocenters. The lowest BCUT2D eigenvalue weighted by Crippen LogP contribution is -2.46. The number of hydrogen-bond donors (Lipinski definition) is 2. The van der Waals surface area contributed by atoms with Crippen molar-refractivity contribution in [2.75, 3.05) is 20.7 Å². The van der Waals surface area contributed by atoms with Crippen molar-refractivity contribution in [3.8, 4) is 5.75 Å². The van der Waals surface area contributed by atoms with Gasteiger partial charge in [0.1, 0.15) is 10.6 Å². The Balaban J connectivity index is 2.21. The maximum absolute atomic E-state index is 12.6. The zero-order valence-corrected chi connectivity index (χ0v) is 17.1. The predicted molar refractivity (Wildman–Crippen MR) is 101 cm³/mol. The number of carbonyl (C=O) groups is 2. The number of methoxy groups -OCH3 is 1. The van der Waals surface area contributed by atoms with Crippen LogP contribution in [0.4, 0.5) is 0 Å². The summed E-state index contributed by atoms with van der Waals surface area (Å²) in [5.74, 6) is -0.590. The van der Waals surface area contributed by atoms with Crippen molar-refractivity contribution >= 4 is 21.8 Å². The van der Waals surface area contributed by atoms with Crippen LogP contribution < -0.4 is 14.8 Å². The molecule has 9 heteroatoms. The molecule has 0 atom stereocenters. The van der Waals surface area contributed by atoms with E-state index in [2.05, 4.69) is 10.0 Å². The van der Waals surface area contributed by atoms with E-state index < -0.39 is 21.5 Å². The van der Waals surface area contributed by atoms with Crippen molar-refractivity contribution in [2.24, 2.45) is 0 Å². The van der Waals surface area contributed by atoms with Crippen LogP contribution in [0.25, 0.3) is 0 Å². The van der Waals surface area contributed by atoms with Crippen molar-refractivity contribution in [1.29, 1.82) is 0 Å². The van der Waals surface area contributed by atoms with Gasteiger partial charge < -0.3 is 15.0 Å². The van der Waals surface area contributed by atoms with E-state index in [0.717, 1.165) is 12.8 Å². The molecule has 1 aromatic carbocycles. The average Bonchev–Trinajstić information content (AvgIpc) is 3.34. The Kier molecular flexibility index (Phi) is 6.16. The van der Waals surface area contributed by atoms with Crippen molar-refractivity contribution in [3.05, 3.63) is 23.8 Å². The van der Waals surface area contributed by atoms with Crippen LogP contribution in [-0.2, 0) is 14.8 Å². The Morgan fingerprint density at radius 1 is 1.26 bits per heavy atom. The van der Waals surface area contributed by atoms with E-state index in [-0.39, 0.29) is 34.7 Å². The number of benzene rings is 1. The fourth-order valence-electron chi connectivity index (χ4n) is 2.47. The van der Waals surface area contributed by atoms with E-state index in [0.29, 0.717) is 0 Å². The van der Waals surface area contributed by atoms with Gasteiger partial charge in [-0.1, -0.05) is 0 Å². The third-order valence-electron chi connectivity index (χ3n) is 3.84. The number of carbonyl (C=O) groups excluding carboxylic acids is 2. The molecule has 1 aromatic rings. The van der Waals surface area contributed by atoms with Crippen molar-refractivity contribution in [2.45, 2.75) is 50.1 Å². The molecule has 0 saturated heterocycles. The number of likely N-dealkylation sites (N-methyl/N-ethyl adjacent to an activating group) is 1. The highest BCUT2D eigenvalue weighted by Gasteiger charge is 2.30. The second-order valence-corrected chi connectivity index (χ2v) is 9.40. The smallest absolute Gasteiger partial charge is 0.254 e. The molecule has 0 heterocycles. The molecular weight excluding hydrogens is 370 g/mol. The molecule has 0 radical (unpaired) electrons. The summed E-state index contributed by atoms with van der Waals surface area (Å²) in [4.78, 5) is 25.8. The molecule has 1 aliphatic rings. The molecule has 1 saturated carbocycles. The van der Waals surface area contributed by atoms with Crippen LogP contribution in [0.5, 0.6) is 5.75 Å². The van der Waals surface area contributed by atoms with Gasteiger partial charge in [-0.05, 0) is 51.8 Å². The molecular formula is C18H27N3O5S. The third kappa shape index (κ3) is 5.93. The zero-order chi connectivity index (χ0) is 20.4. The number of hydrogen-bond acceptors (Lipinski definition) is 5. The minimum Gasteiger partial charge on any atom is -0.495 e. The predicted octanol–water partition coefficient (Wildman–Crippen LogP) is 1.12. The summed E-state index contributed by atoms with van der Waals surface area (Å²) in [6, 6.07) is 4.14. The Bertz CT molecular complexity index is 826. The lowest BCUT2D eigenvalue weighted by atomic mass is 10.1. The summed E-state index contributed by atoms with van der Waals surface area (Å²) in [7, 11) is -0.931. The second kappa shape index (κ2) is 7.85. The van der Waals surface area contributed by atoms with Gasteiger partial charge in [0.15, 0.2) is 0 Å². The number of rotatable bonds is 7. The van der Waals surface area contributed by atoms with Crippen LogP contribution in [-0.4, -0.2) is 57.4 Å². The van der Waals surface area contributed by atoms with Gasteiger partial charge in [0.2, 0.25) is 15.9 Å². The van der Waals surface area contributed by atoms with Crippen molar-refractivity contribution in [1.82, 2.24) is 14.9 Å². The number of nitrogens with one attached hydrogen (secondary N) is 2. The van der Waals surface area contributed by atoms with Gasteiger partial charge >= 0.3 is 0 Å². The fraction of sp³-hybridized carbons (Fsp3) is 0.556. The summed E-state index contributed by atoms with van der Waals surface area (Å²) in [6.45, 7) is 5.41. The number of amides is 2. The van der Waals surface area contributed by atoms with Crippen LogP contribution in [0, 0.1) is 0 Å². The zero-order valence-electron chi connectivity index (χ0n) is 16.3. The molecule has 0 bridgehead atoms. The second-order valence-electron chi connectivity index (χ2n) is 7.72. The lowest BCUT2D eigenvalue weighted by Gasteiger charge is -2.23. The monoisotopic (exact) mass is 397 g/mol. The first-order chi connectivity index (χ1) is 12.4. The first kappa shape index (κ1) is 21.2. The Hall–Kier alpha value is -2.13. The third-order valence-corrected chi connectivity index (χ3v) is 5.38. The molecule has 27 heavy (non-hydrogen) atoms. The topological polar surface area (TPSA) is 105 Å². The maximum atomic E-state index is 12.6. The van der Waals surface area contributed by atoms with Gasteiger partial charge in [-0.25, -0.2) is 13.1 Å². The van der Waals surface area contributed by atoms with E-state index in [1.807, 2.05) is 20.8 Å². The SMILES string of the molecule is COc1ccc(C(=O)N(C)CC(=O)NC(C)(C)C)cc1S(=O)(=O)NC1CC1. The van der Waals surface area contributed by atoms with E-state index in [9.17, 15) is 18.0 Å². The first-order valence-electron chi connectivity index (χ1n) is 8.70. The lowest BCUT2D eigenvalue weighted by molar-refractivity contribution is -0.122. The van der Waals surface area contributed by atoms with Gasteiger partial charge in [-0.15, -0.1) is 0 Å². The molecule has 0 spiro atoms. The van der Waals surface area contributed by atoms with Crippen LogP contribution in [0.3, 0.4) is 0 Å². The van der Waals surface area contributed by atoms with Crippen LogP contribution in [0.2, 0.25) is 0 Å². The number of ether oxygens (including phenoxy) is 1. The highest BCUT2D eigenvalue weighted by molar-refractivity contribution is 7.89. The van der Waals surface area contributed by atoms with Crippen molar-refractivity contribution in [3.63, 3.8) is 0 Å². The van der Waals surface area contributed by atoms with E-state index in [1.165, 1.54) is 37.3 Å². The fourth-order valence-corrected chi connectivity index (χ4v) is 3.97. The Morgan fingerprint density at radius 2 is 1.89 bits per heavy atom. The minimum absolute atomic E-state index is 0.0668. The van der Waals surface area contributed by atoms with Crippen LogP contribution >= 0.6 is 0 Å². The molecule has 0 aromatic heterocycles. The Labute approximate surface area is 160 Å². The van der Waals surface area contributed by atoms with Gasteiger partial charge in [0.05, 0.1) is 13.7 Å². The molecule has 2 N–H and O–H groups in total. The quantitative estimate of drug-likeness (QED) is 0.717. The average molecular weight is 397 g/mol. The van der Waals surface area contributed by atoms with E-state index in [4.69, 9.17) is 4.74 Å². The standard InChI is InChI=1S/C18H27N3O5S/c1-18(2,3)19-16(22)11-21(4)17(23)12-6-9-14(26-5)15(10-12)27(24,25)20-13-7-8-13/h6,9-10,13,20H,7-8,11H2,1-5H3,(H,19,22). The van der Waals surface area contributed by atoms with Gasteiger partial charge in [0.25, 0.3) is 5.91 Å². The van der Waals surface area contributed by atoms with Gasteiger partial charge in [-0.2, -0.15) is 0 Å². The highest BCUT2D eigenvalue weighted by Crippen LogP contribution is 2.28. The van der Waals surface area contributed by atoms with Crippen molar-refractivity contribution < 1.29 is 22.7 Å². The van der Waals surface area contributed by atoms with Crippen LogP contribution in [0.15, 0.2) is 23.1 Å². The van der Waals surface area contributed by atoms with Gasteiger partial charge in [0, 0.05) is 24.2 Å². The van der Waals surface area contributed by atoms with E-state index >= 15 is 0 Å². The first-order valence-corrected chi connectivity index (χ1v) is 10.2. The normalized spacial score (nSPS) is 14.6. The number of nitrogens with zero attached hydrogens (tertiary/aromatic N) is 1. The highest BCUT2D eigenvalue weighted by atomic mass is 32.2. The van der Waals surface area contributed by atoms with Gasteiger partial charge in [-0.3, -0.25) is 9.59 Å². The number of sulfonamides is 1. The molecule has 150 valence electrons. The molecule has 2 amide bonds. The van der Waals surface area contributed by atoms with E-state index in [1.54, 1.807) is 0 Å². The minimum atomic E-state index is -3.79. The maximum Gasteiger partial charge on any atom is 0.254 e. The largest absolute Gasteiger partial charge is 0.495 e. The molecule has 2 rings (SSSR count). The molecule has 0 aliphatic heterocycles. The summed E-state index contributed by atoms with van der Waals surface area (Å²) in [5, 5.41) is 2.78. The summed E-state index contributed by atoms with van der Waals surface area (Å²) >= 11 is 0. The summed E-state index contributed by atoms with van der Waals surface area (Å²) in [6.07, 6.45) is 1.59. The summed E-state index contributed by atoms with van der Waals surface area (Å²) in [5.41, 5.74) is -0.241. The molecule has 1 fully saturated rings. The Morgan fingerprint density at radius 3 is 2.41 bits per heavy atom. The molecule has 1 aliphatic carbocycles. The molecule has 8 nitrogen and oxygen atoms in total.